The zero-order chi connectivity index (χ0) is 17.9. The van der Waals surface area contributed by atoms with E-state index in [4.69, 9.17) is 0 Å². The first-order chi connectivity index (χ1) is 11.3. The number of nitro groups is 1. The molecule has 0 saturated heterocycles. The van der Waals surface area contributed by atoms with Crippen LogP contribution in [0, 0.1) is 21.7 Å². The van der Waals surface area contributed by atoms with Gasteiger partial charge in [-0.3, -0.25) is 15.0 Å². The molecule has 1 N–H and O–H groups in total. The molecule has 0 aliphatic heterocycles. The highest BCUT2D eigenvalue weighted by molar-refractivity contribution is 5.35. The summed E-state index contributed by atoms with van der Waals surface area (Å²) in [7, 11) is 1.73. The Morgan fingerprint density at radius 1 is 1.17 bits per heavy atom. The summed E-state index contributed by atoms with van der Waals surface area (Å²) < 4.78 is 26.4. The molecule has 0 radical (unpaired) electrons. The molecule has 128 valence electrons. The van der Waals surface area contributed by atoms with Crippen molar-refractivity contribution in [2.24, 2.45) is 0 Å². The van der Waals surface area contributed by atoms with Crippen LogP contribution >= 0.6 is 0 Å². The van der Waals surface area contributed by atoms with Crippen molar-refractivity contribution in [3.05, 3.63) is 75.3 Å². The largest absolute Gasteiger partial charge is 0.387 e. The van der Waals surface area contributed by atoms with Gasteiger partial charge < -0.3 is 5.11 Å². The van der Waals surface area contributed by atoms with E-state index in [0.29, 0.717) is 11.1 Å². The smallest absolute Gasteiger partial charge is 0.269 e. The Balaban J connectivity index is 2.10. The molecule has 0 heterocycles. The van der Waals surface area contributed by atoms with Gasteiger partial charge in [0.15, 0.2) is 11.6 Å². The first-order valence-electron chi connectivity index (χ1n) is 7.37. The maximum atomic E-state index is 13.3. The number of aliphatic hydroxyl groups is 1. The van der Waals surface area contributed by atoms with Crippen LogP contribution in [0.1, 0.15) is 30.2 Å². The number of rotatable bonds is 6. The number of likely N-dealkylation sites (N-methyl/N-ethyl adjacent to an activating group) is 1. The lowest BCUT2D eigenvalue weighted by Crippen LogP contribution is -2.27. The molecule has 2 rings (SSSR count). The molecular formula is C17H18F2N2O3. The Kier molecular flexibility index (Phi) is 5.58. The molecule has 0 bridgehead atoms. The topological polar surface area (TPSA) is 66.6 Å². The lowest BCUT2D eigenvalue weighted by atomic mass is 10.0. The number of aliphatic hydroxyl groups excluding tert-OH is 1. The van der Waals surface area contributed by atoms with Crippen molar-refractivity contribution >= 4 is 5.69 Å². The lowest BCUT2D eigenvalue weighted by molar-refractivity contribution is -0.385. The van der Waals surface area contributed by atoms with E-state index in [9.17, 15) is 24.0 Å². The van der Waals surface area contributed by atoms with Crippen LogP contribution in [0.2, 0.25) is 0 Å². The van der Waals surface area contributed by atoms with Crippen LogP contribution in [0.3, 0.4) is 0 Å². The van der Waals surface area contributed by atoms with E-state index < -0.39 is 22.7 Å². The summed E-state index contributed by atoms with van der Waals surface area (Å²) in [6.45, 7) is 1.98. The van der Waals surface area contributed by atoms with E-state index in [2.05, 4.69) is 0 Å². The molecular weight excluding hydrogens is 318 g/mol. The van der Waals surface area contributed by atoms with E-state index in [1.54, 1.807) is 24.9 Å². The van der Waals surface area contributed by atoms with Crippen molar-refractivity contribution in [3.63, 3.8) is 0 Å². The molecule has 0 fully saturated rings. The van der Waals surface area contributed by atoms with Gasteiger partial charge in [0.25, 0.3) is 5.69 Å². The van der Waals surface area contributed by atoms with Crippen LogP contribution in [0.5, 0.6) is 0 Å². The summed E-state index contributed by atoms with van der Waals surface area (Å²) in [4.78, 5) is 12.0. The Hall–Kier alpha value is -2.38. The van der Waals surface area contributed by atoms with Crippen LogP contribution < -0.4 is 0 Å². The Bertz CT molecular complexity index is 740. The summed E-state index contributed by atoms with van der Waals surface area (Å²) in [5.41, 5.74) is 0.902. The monoisotopic (exact) mass is 336 g/mol. The van der Waals surface area contributed by atoms with Gasteiger partial charge in [0.2, 0.25) is 0 Å². The summed E-state index contributed by atoms with van der Waals surface area (Å²) in [5.74, 6) is -1.84. The number of non-ortho nitro benzene ring substituents is 1. The number of nitrogens with zero attached hydrogens (tertiary/aromatic N) is 2. The summed E-state index contributed by atoms with van der Waals surface area (Å²) in [6, 6.07) is 9.18. The highest BCUT2D eigenvalue weighted by Gasteiger charge is 2.19. The molecule has 0 aliphatic rings. The minimum Gasteiger partial charge on any atom is -0.387 e. The molecule has 0 amide bonds. The molecule has 5 nitrogen and oxygen atoms in total. The maximum absolute atomic E-state index is 13.3. The van der Waals surface area contributed by atoms with E-state index in [-0.39, 0.29) is 18.3 Å². The summed E-state index contributed by atoms with van der Waals surface area (Å²) >= 11 is 0. The molecule has 2 aromatic rings. The van der Waals surface area contributed by atoms with Gasteiger partial charge in [0.1, 0.15) is 0 Å². The van der Waals surface area contributed by atoms with Crippen LogP contribution in [0.15, 0.2) is 42.5 Å². The zero-order valence-electron chi connectivity index (χ0n) is 13.3. The second-order valence-electron chi connectivity index (χ2n) is 5.66. The minimum atomic E-state index is -0.942. The molecule has 0 aliphatic carbocycles. The Labute approximate surface area is 138 Å². The second kappa shape index (κ2) is 7.46. The fourth-order valence-electron chi connectivity index (χ4n) is 2.41. The first kappa shape index (κ1) is 18.0. The van der Waals surface area contributed by atoms with Gasteiger partial charge >= 0.3 is 0 Å². The highest BCUT2D eigenvalue weighted by atomic mass is 19.2. The number of hydrogen-bond acceptors (Lipinski definition) is 4. The standard InChI is InChI=1S/C17H18F2N2O3/c1-11(12-6-7-15(18)16(19)9-12)20(2)10-17(22)13-4-3-5-14(8-13)21(23)24/h3-9,11,17,22H,10H2,1-2H3. The van der Waals surface area contributed by atoms with Gasteiger partial charge in [0, 0.05) is 24.7 Å². The molecule has 7 heteroatoms. The van der Waals surface area contributed by atoms with Crippen molar-refractivity contribution in [3.8, 4) is 0 Å². The normalized spacial score (nSPS) is 13.8. The quantitative estimate of drug-likeness (QED) is 0.646. The second-order valence-corrected chi connectivity index (χ2v) is 5.66. The molecule has 0 saturated carbocycles. The van der Waals surface area contributed by atoms with Gasteiger partial charge in [0.05, 0.1) is 11.0 Å². The van der Waals surface area contributed by atoms with E-state index in [0.717, 1.165) is 12.1 Å². The van der Waals surface area contributed by atoms with Crippen molar-refractivity contribution in [1.29, 1.82) is 0 Å². The lowest BCUT2D eigenvalue weighted by Gasteiger charge is -2.27. The van der Waals surface area contributed by atoms with Crippen LogP contribution in [-0.4, -0.2) is 28.5 Å². The Morgan fingerprint density at radius 2 is 1.88 bits per heavy atom. The molecule has 2 unspecified atom stereocenters. The van der Waals surface area contributed by atoms with Gasteiger partial charge in [-0.1, -0.05) is 18.2 Å². The summed E-state index contributed by atoms with van der Waals surface area (Å²) in [6.07, 6.45) is -0.942. The van der Waals surface area contributed by atoms with Crippen molar-refractivity contribution in [2.45, 2.75) is 19.1 Å². The Morgan fingerprint density at radius 3 is 2.50 bits per heavy atom. The van der Waals surface area contributed by atoms with E-state index >= 15 is 0 Å². The fraction of sp³-hybridized carbons (Fsp3) is 0.294. The highest BCUT2D eigenvalue weighted by Crippen LogP contribution is 2.25. The van der Waals surface area contributed by atoms with E-state index in [1.165, 1.54) is 24.3 Å². The summed E-state index contributed by atoms with van der Waals surface area (Å²) in [5, 5.41) is 21.1. The number of benzene rings is 2. The predicted molar refractivity (Wildman–Crippen MR) is 85.5 cm³/mol. The third kappa shape index (κ3) is 4.12. The molecule has 2 aromatic carbocycles. The van der Waals surface area contributed by atoms with Crippen LogP contribution in [0.25, 0.3) is 0 Å². The predicted octanol–water partition coefficient (Wildman–Crippen LogP) is 3.60. The van der Waals surface area contributed by atoms with Crippen molar-refractivity contribution in [1.82, 2.24) is 4.90 Å². The van der Waals surface area contributed by atoms with Gasteiger partial charge in [-0.25, -0.2) is 8.78 Å². The van der Waals surface area contributed by atoms with Crippen LogP contribution in [0.4, 0.5) is 14.5 Å². The minimum absolute atomic E-state index is 0.0946. The molecule has 0 spiro atoms. The average molecular weight is 336 g/mol. The van der Waals surface area contributed by atoms with Gasteiger partial charge in [-0.05, 0) is 37.2 Å². The maximum Gasteiger partial charge on any atom is 0.269 e. The third-order valence-corrected chi connectivity index (χ3v) is 4.01. The first-order valence-corrected chi connectivity index (χ1v) is 7.37. The molecule has 24 heavy (non-hydrogen) atoms. The van der Waals surface area contributed by atoms with Crippen molar-refractivity contribution < 1.29 is 18.8 Å². The zero-order valence-corrected chi connectivity index (χ0v) is 13.3. The van der Waals surface area contributed by atoms with Crippen LogP contribution in [-0.2, 0) is 0 Å². The number of hydrogen-bond donors (Lipinski definition) is 1. The van der Waals surface area contributed by atoms with E-state index in [1.807, 2.05) is 0 Å². The van der Waals surface area contributed by atoms with Gasteiger partial charge in [-0.15, -0.1) is 0 Å². The van der Waals surface area contributed by atoms with Gasteiger partial charge in [-0.2, -0.15) is 0 Å². The third-order valence-electron chi connectivity index (χ3n) is 4.01. The SMILES string of the molecule is CC(c1ccc(F)c(F)c1)N(C)CC(O)c1cccc([N+](=O)[O-])c1. The number of halogens is 2. The molecule has 0 aromatic heterocycles. The van der Waals surface area contributed by atoms with Crippen molar-refractivity contribution in [2.75, 3.05) is 13.6 Å². The number of nitro benzene ring substituents is 1. The molecule has 2 atom stereocenters. The fourth-order valence-corrected chi connectivity index (χ4v) is 2.41. The average Bonchev–Trinajstić information content (AvgIpc) is 2.56.